The Bertz CT molecular complexity index is 102. The Morgan fingerprint density at radius 3 is 2.50 bits per heavy atom. The van der Waals surface area contributed by atoms with E-state index in [0.29, 0.717) is 13.0 Å². The molecular weight excluding hydrogens is 150 g/mol. The molecular formula is C6H14NO2S-. The van der Waals surface area contributed by atoms with Crippen LogP contribution in [0.1, 0.15) is 26.2 Å². The Morgan fingerprint density at radius 1 is 1.60 bits per heavy atom. The van der Waals surface area contributed by atoms with Crippen molar-refractivity contribution in [2.75, 3.05) is 6.54 Å². The van der Waals surface area contributed by atoms with Gasteiger partial charge in [0.2, 0.25) is 0 Å². The number of hydrogen-bond acceptors (Lipinski definition) is 3. The molecule has 0 saturated heterocycles. The molecule has 0 aromatic carbocycles. The maximum absolute atomic E-state index is 10.4. The summed E-state index contributed by atoms with van der Waals surface area (Å²) in [6.45, 7) is 2.43. The molecule has 0 spiro atoms. The molecule has 3 nitrogen and oxygen atoms in total. The zero-order valence-electron chi connectivity index (χ0n) is 6.21. The van der Waals surface area contributed by atoms with Gasteiger partial charge < -0.3 is 10.3 Å². The van der Waals surface area contributed by atoms with Gasteiger partial charge >= 0.3 is 0 Å². The van der Waals surface area contributed by atoms with Crippen molar-refractivity contribution in [3.8, 4) is 0 Å². The van der Waals surface area contributed by atoms with Crippen molar-refractivity contribution in [1.82, 2.24) is 0 Å². The predicted molar refractivity (Wildman–Crippen MR) is 41.3 cm³/mol. The minimum Gasteiger partial charge on any atom is -0.772 e. The van der Waals surface area contributed by atoms with Crippen LogP contribution in [0.25, 0.3) is 0 Å². The lowest BCUT2D eigenvalue weighted by atomic mass is 10.2. The highest BCUT2D eigenvalue weighted by atomic mass is 32.2. The first-order valence-corrected chi connectivity index (χ1v) is 4.64. The Hall–Kier alpha value is 0.0700. The van der Waals surface area contributed by atoms with E-state index in [0.717, 1.165) is 12.8 Å². The number of hydrogen-bond donors (Lipinski definition) is 1. The van der Waals surface area contributed by atoms with E-state index in [1.807, 2.05) is 6.92 Å². The summed E-state index contributed by atoms with van der Waals surface area (Å²) in [5.74, 6) is 0. The van der Waals surface area contributed by atoms with Crippen LogP contribution in [-0.2, 0) is 11.1 Å². The van der Waals surface area contributed by atoms with Gasteiger partial charge in [0.25, 0.3) is 0 Å². The monoisotopic (exact) mass is 164 g/mol. The maximum Gasteiger partial charge on any atom is 0.0227 e. The molecule has 0 aromatic heterocycles. The summed E-state index contributed by atoms with van der Waals surface area (Å²) in [6, 6.07) is 0. The third-order valence-electron chi connectivity index (χ3n) is 1.37. The van der Waals surface area contributed by atoms with Crippen LogP contribution in [-0.4, -0.2) is 20.6 Å². The first-order chi connectivity index (χ1) is 4.72. The minimum atomic E-state index is -1.93. The van der Waals surface area contributed by atoms with Crippen molar-refractivity contribution in [2.24, 2.45) is 5.73 Å². The van der Waals surface area contributed by atoms with E-state index in [-0.39, 0.29) is 5.25 Å². The SMILES string of the molecule is CCCC(CCN)S(=O)[O-]. The average Bonchev–Trinajstić information content (AvgIpc) is 1.87. The second-order valence-corrected chi connectivity index (χ2v) is 3.44. The fourth-order valence-electron chi connectivity index (χ4n) is 0.845. The number of nitrogens with two attached hydrogens (primary N) is 1. The van der Waals surface area contributed by atoms with E-state index >= 15 is 0 Å². The molecule has 0 saturated carbocycles. The summed E-state index contributed by atoms with van der Waals surface area (Å²) in [7, 11) is 0. The second-order valence-electron chi connectivity index (χ2n) is 2.25. The highest BCUT2D eigenvalue weighted by molar-refractivity contribution is 7.79. The summed E-state index contributed by atoms with van der Waals surface area (Å²) in [5.41, 5.74) is 5.22. The third kappa shape index (κ3) is 3.98. The zero-order chi connectivity index (χ0) is 7.98. The molecule has 0 amide bonds. The third-order valence-corrected chi connectivity index (χ3v) is 2.39. The molecule has 2 N–H and O–H groups in total. The lowest BCUT2D eigenvalue weighted by Gasteiger charge is -2.17. The van der Waals surface area contributed by atoms with Gasteiger partial charge in [-0.05, 0) is 19.4 Å². The van der Waals surface area contributed by atoms with Crippen LogP contribution < -0.4 is 5.73 Å². The Kier molecular flexibility index (Phi) is 5.87. The molecule has 0 aliphatic carbocycles. The van der Waals surface area contributed by atoms with E-state index < -0.39 is 11.1 Å². The predicted octanol–water partition coefficient (Wildman–Crippen LogP) is 0.383. The molecule has 0 fully saturated rings. The summed E-state index contributed by atoms with van der Waals surface area (Å²) >= 11 is -1.93. The molecule has 0 aliphatic heterocycles. The van der Waals surface area contributed by atoms with Crippen molar-refractivity contribution in [3.63, 3.8) is 0 Å². The van der Waals surface area contributed by atoms with Crippen molar-refractivity contribution in [3.05, 3.63) is 0 Å². The number of rotatable bonds is 5. The Morgan fingerprint density at radius 2 is 2.20 bits per heavy atom. The van der Waals surface area contributed by atoms with E-state index in [1.165, 1.54) is 0 Å². The molecule has 2 unspecified atom stereocenters. The molecule has 0 bridgehead atoms. The van der Waals surface area contributed by atoms with E-state index in [4.69, 9.17) is 5.73 Å². The van der Waals surface area contributed by atoms with E-state index in [1.54, 1.807) is 0 Å². The smallest absolute Gasteiger partial charge is 0.0227 e. The molecule has 0 aromatic rings. The normalized spacial score (nSPS) is 16.7. The van der Waals surface area contributed by atoms with Gasteiger partial charge in [0.15, 0.2) is 0 Å². The van der Waals surface area contributed by atoms with Crippen molar-refractivity contribution in [2.45, 2.75) is 31.4 Å². The van der Waals surface area contributed by atoms with Gasteiger partial charge in [-0.1, -0.05) is 24.4 Å². The van der Waals surface area contributed by atoms with Crippen LogP contribution in [0.5, 0.6) is 0 Å². The largest absolute Gasteiger partial charge is 0.772 e. The van der Waals surface area contributed by atoms with Crippen molar-refractivity contribution < 1.29 is 8.76 Å². The fourth-order valence-corrected chi connectivity index (χ4v) is 1.60. The summed E-state index contributed by atoms with van der Waals surface area (Å²) in [4.78, 5) is 0. The highest BCUT2D eigenvalue weighted by Crippen LogP contribution is 2.06. The fraction of sp³-hybridized carbons (Fsp3) is 1.00. The second kappa shape index (κ2) is 5.82. The van der Waals surface area contributed by atoms with Crippen LogP contribution >= 0.6 is 0 Å². The molecule has 10 heavy (non-hydrogen) atoms. The maximum atomic E-state index is 10.4. The van der Waals surface area contributed by atoms with Crippen molar-refractivity contribution >= 4 is 11.1 Å². The van der Waals surface area contributed by atoms with Crippen LogP contribution in [0.3, 0.4) is 0 Å². The van der Waals surface area contributed by atoms with Gasteiger partial charge in [0, 0.05) is 5.25 Å². The van der Waals surface area contributed by atoms with Crippen molar-refractivity contribution in [1.29, 1.82) is 0 Å². The van der Waals surface area contributed by atoms with E-state index in [9.17, 15) is 8.76 Å². The highest BCUT2D eigenvalue weighted by Gasteiger charge is 2.05. The van der Waals surface area contributed by atoms with Gasteiger partial charge in [-0.15, -0.1) is 0 Å². The van der Waals surface area contributed by atoms with Crippen LogP contribution in [0, 0.1) is 0 Å². The van der Waals surface area contributed by atoms with Gasteiger partial charge in [-0.2, -0.15) is 0 Å². The first kappa shape index (κ1) is 10.1. The Labute approximate surface area is 64.3 Å². The molecule has 0 rings (SSSR count). The lowest BCUT2D eigenvalue weighted by Crippen LogP contribution is -2.18. The minimum absolute atomic E-state index is 0.227. The molecule has 0 heterocycles. The van der Waals surface area contributed by atoms with Gasteiger partial charge in [0.1, 0.15) is 0 Å². The van der Waals surface area contributed by atoms with Gasteiger partial charge in [-0.3, -0.25) is 4.21 Å². The summed E-state index contributed by atoms with van der Waals surface area (Å²) < 4.78 is 20.8. The van der Waals surface area contributed by atoms with Crippen LogP contribution in [0.2, 0.25) is 0 Å². The van der Waals surface area contributed by atoms with E-state index in [2.05, 4.69) is 0 Å². The average molecular weight is 164 g/mol. The first-order valence-electron chi connectivity index (χ1n) is 3.50. The zero-order valence-corrected chi connectivity index (χ0v) is 7.02. The standard InChI is InChI=1S/C6H15NO2S/c1-2-3-6(4-5-7)10(8)9/h6H,2-5,7H2,1H3,(H,8,9)/p-1. The lowest BCUT2D eigenvalue weighted by molar-refractivity contribution is 0.507. The molecule has 4 heteroatoms. The van der Waals surface area contributed by atoms with Gasteiger partial charge in [-0.25, -0.2) is 0 Å². The topological polar surface area (TPSA) is 66.2 Å². The summed E-state index contributed by atoms with van der Waals surface area (Å²) in [6.07, 6.45) is 2.22. The summed E-state index contributed by atoms with van der Waals surface area (Å²) in [5, 5.41) is -0.227. The molecule has 0 radical (unpaired) electrons. The molecule has 2 atom stereocenters. The van der Waals surface area contributed by atoms with Crippen LogP contribution in [0.4, 0.5) is 0 Å². The molecule has 62 valence electrons. The van der Waals surface area contributed by atoms with Gasteiger partial charge in [0.05, 0.1) is 0 Å². The molecule has 0 aliphatic rings. The Balaban J connectivity index is 3.61. The van der Waals surface area contributed by atoms with Crippen LogP contribution in [0.15, 0.2) is 0 Å². The quantitative estimate of drug-likeness (QED) is 0.597.